The highest BCUT2D eigenvalue weighted by Gasteiger charge is 2.24. The summed E-state index contributed by atoms with van der Waals surface area (Å²) >= 11 is 0. The highest BCUT2D eigenvalue weighted by atomic mass is 16.5. The molecule has 1 aromatic carbocycles. The van der Waals surface area contributed by atoms with Gasteiger partial charge in [-0.15, -0.1) is 0 Å². The van der Waals surface area contributed by atoms with E-state index in [2.05, 4.69) is 39.8 Å². The number of nitrogens with one attached hydrogen (secondary N) is 2. The van der Waals surface area contributed by atoms with E-state index in [1.807, 2.05) is 13.2 Å². The van der Waals surface area contributed by atoms with Crippen LogP contribution >= 0.6 is 0 Å². The van der Waals surface area contributed by atoms with Gasteiger partial charge in [0, 0.05) is 24.6 Å². The summed E-state index contributed by atoms with van der Waals surface area (Å²) in [6.45, 7) is 0. The van der Waals surface area contributed by atoms with Crippen molar-refractivity contribution < 1.29 is 4.74 Å². The molecule has 0 spiro atoms. The highest BCUT2D eigenvalue weighted by molar-refractivity contribution is 5.64. The first-order chi connectivity index (χ1) is 9.86. The molecule has 4 heteroatoms. The Hall–Kier alpha value is -1.81. The summed E-state index contributed by atoms with van der Waals surface area (Å²) in [5.74, 6) is 0. The third-order valence-corrected chi connectivity index (χ3v) is 4.03. The molecule has 106 valence electrons. The molecule has 4 nitrogen and oxygen atoms in total. The summed E-state index contributed by atoms with van der Waals surface area (Å²) in [4.78, 5) is 0. The Bertz CT molecular complexity index is 538. The van der Waals surface area contributed by atoms with Crippen molar-refractivity contribution in [2.24, 2.45) is 0 Å². The van der Waals surface area contributed by atoms with Crippen molar-refractivity contribution in [3.05, 3.63) is 36.5 Å². The van der Waals surface area contributed by atoms with E-state index >= 15 is 0 Å². The van der Waals surface area contributed by atoms with Crippen LogP contribution in [0.2, 0.25) is 0 Å². The molecule has 2 aromatic rings. The van der Waals surface area contributed by atoms with Crippen LogP contribution in [0.3, 0.4) is 0 Å². The molecular formula is C16H21N3O. The fourth-order valence-corrected chi connectivity index (χ4v) is 2.95. The molecule has 1 aromatic heterocycles. The molecule has 2 N–H and O–H groups in total. The Morgan fingerprint density at radius 1 is 1.25 bits per heavy atom. The van der Waals surface area contributed by atoms with Gasteiger partial charge >= 0.3 is 0 Å². The number of benzene rings is 1. The van der Waals surface area contributed by atoms with Crippen molar-refractivity contribution in [3.63, 3.8) is 0 Å². The first kappa shape index (κ1) is 13.2. The molecule has 2 unspecified atom stereocenters. The van der Waals surface area contributed by atoms with E-state index in [1.54, 1.807) is 6.20 Å². The lowest BCUT2D eigenvalue weighted by Gasteiger charge is -2.31. The van der Waals surface area contributed by atoms with Crippen LogP contribution in [-0.4, -0.2) is 29.5 Å². The van der Waals surface area contributed by atoms with Crippen molar-refractivity contribution in [1.82, 2.24) is 10.2 Å². The topological polar surface area (TPSA) is 49.9 Å². The molecule has 2 atom stereocenters. The highest BCUT2D eigenvalue weighted by Crippen LogP contribution is 2.26. The zero-order valence-corrected chi connectivity index (χ0v) is 11.8. The first-order valence-electron chi connectivity index (χ1n) is 7.26. The summed E-state index contributed by atoms with van der Waals surface area (Å²) in [6.07, 6.45) is 6.96. The normalized spacial score (nSPS) is 22.6. The third kappa shape index (κ3) is 2.85. The molecule has 1 aliphatic carbocycles. The molecule has 1 heterocycles. The minimum absolute atomic E-state index is 0.319. The number of hydrogen-bond acceptors (Lipinski definition) is 3. The van der Waals surface area contributed by atoms with E-state index in [1.165, 1.54) is 19.3 Å². The maximum atomic E-state index is 5.60. The van der Waals surface area contributed by atoms with Gasteiger partial charge in [0.25, 0.3) is 0 Å². The van der Waals surface area contributed by atoms with Gasteiger partial charge in [-0.05, 0) is 31.0 Å². The maximum Gasteiger partial charge on any atom is 0.0772 e. The lowest BCUT2D eigenvalue weighted by molar-refractivity contribution is 0.0606. The SMILES string of the molecule is COC1CCCCC1Nc1cccc(-c2ccn[nH]2)c1. The largest absolute Gasteiger partial charge is 0.380 e. The Labute approximate surface area is 119 Å². The van der Waals surface area contributed by atoms with E-state index in [0.717, 1.165) is 23.4 Å². The Morgan fingerprint density at radius 2 is 2.15 bits per heavy atom. The number of H-pyrrole nitrogens is 1. The smallest absolute Gasteiger partial charge is 0.0772 e. The number of ether oxygens (including phenoxy) is 1. The van der Waals surface area contributed by atoms with Crippen molar-refractivity contribution in [2.45, 2.75) is 37.8 Å². The van der Waals surface area contributed by atoms with Gasteiger partial charge in [0.15, 0.2) is 0 Å². The molecule has 0 radical (unpaired) electrons. The molecule has 1 aliphatic rings. The molecule has 0 saturated heterocycles. The zero-order chi connectivity index (χ0) is 13.8. The molecule has 0 amide bonds. The van der Waals surface area contributed by atoms with Gasteiger partial charge in [-0.25, -0.2) is 0 Å². The number of aromatic nitrogens is 2. The van der Waals surface area contributed by atoms with E-state index < -0.39 is 0 Å². The average Bonchev–Trinajstić information content (AvgIpc) is 3.02. The van der Waals surface area contributed by atoms with Crippen LogP contribution in [-0.2, 0) is 4.74 Å². The van der Waals surface area contributed by atoms with Crippen LogP contribution in [0, 0.1) is 0 Å². The summed E-state index contributed by atoms with van der Waals surface area (Å²) in [7, 11) is 1.81. The van der Waals surface area contributed by atoms with Crippen molar-refractivity contribution in [1.29, 1.82) is 0 Å². The second-order valence-corrected chi connectivity index (χ2v) is 5.36. The number of nitrogens with zero attached hydrogens (tertiary/aromatic N) is 1. The molecule has 0 bridgehead atoms. The summed E-state index contributed by atoms with van der Waals surface area (Å²) in [5, 5.41) is 10.6. The maximum absolute atomic E-state index is 5.60. The van der Waals surface area contributed by atoms with Crippen LogP contribution in [0.15, 0.2) is 36.5 Å². The van der Waals surface area contributed by atoms with Crippen molar-refractivity contribution in [2.75, 3.05) is 12.4 Å². The molecular weight excluding hydrogens is 250 g/mol. The van der Waals surface area contributed by atoms with Crippen molar-refractivity contribution >= 4 is 5.69 Å². The van der Waals surface area contributed by atoms with Crippen LogP contribution in [0.4, 0.5) is 5.69 Å². The predicted molar refractivity (Wildman–Crippen MR) is 80.7 cm³/mol. The lowest BCUT2D eigenvalue weighted by Crippen LogP contribution is -2.37. The number of rotatable bonds is 4. The van der Waals surface area contributed by atoms with E-state index in [0.29, 0.717) is 12.1 Å². The van der Waals surface area contributed by atoms with Gasteiger partial charge < -0.3 is 10.1 Å². The minimum atomic E-state index is 0.319. The number of aromatic amines is 1. The number of methoxy groups -OCH3 is 1. The molecule has 0 aliphatic heterocycles. The first-order valence-corrected chi connectivity index (χ1v) is 7.26. The quantitative estimate of drug-likeness (QED) is 0.895. The predicted octanol–water partition coefficient (Wildman–Crippen LogP) is 3.45. The van der Waals surface area contributed by atoms with Gasteiger partial charge in [-0.1, -0.05) is 25.0 Å². The van der Waals surface area contributed by atoms with Gasteiger partial charge in [0.05, 0.1) is 17.8 Å². The van der Waals surface area contributed by atoms with Gasteiger partial charge in [-0.2, -0.15) is 5.10 Å². The zero-order valence-electron chi connectivity index (χ0n) is 11.8. The van der Waals surface area contributed by atoms with Crippen LogP contribution in [0.1, 0.15) is 25.7 Å². The van der Waals surface area contributed by atoms with Gasteiger partial charge in [0.1, 0.15) is 0 Å². The number of hydrogen-bond donors (Lipinski definition) is 2. The fraction of sp³-hybridized carbons (Fsp3) is 0.438. The van der Waals surface area contributed by atoms with Crippen LogP contribution < -0.4 is 5.32 Å². The van der Waals surface area contributed by atoms with Gasteiger partial charge in [0.2, 0.25) is 0 Å². The number of anilines is 1. The van der Waals surface area contributed by atoms with Gasteiger partial charge in [-0.3, -0.25) is 5.10 Å². The van der Waals surface area contributed by atoms with Crippen molar-refractivity contribution in [3.8, 4) is 11.3 Å². The Balaban J connectivity index is 1.75. The monoisotopic (exact) mass is 271 g/mol. The Morgan fingerprint density at radius 3 is 2.95 bits per heavy atom. The molecule has 1 saturated carbocycles. The minimum Gasteiger partial charge on any atom is -0.380 e. The summed E-state index contributed by atoms with van der Waals surface area (Å²) in [6, 6.07) is 10.8. The molecule has 1 fully saturated rings. The second kappa shape index (κ2) is 6.09. The Kier molecular flexibility index (Phi) is 4.02. The summed E-state index contributed by atoms with van der Waals surface area (Å²) in [5.41, 5.74) is 3.34. The lowest BCUT2D eigenvalue weighted by atomic mass is 9.92. The van der Waals surface area contributed by atoms with Crippen LogP contribution in [0.5, 0.6) is 0 Å². The van der Waals surface area contributed by atoms with E-state index in [9.17, 15) is 0 Å². The average molecular weight is 271 g/mol. The van der Waals surface area contributed by atoms with E-state index in [4.69, 9.17) is 4.74 Å². The molecule has 20 heavy (non-hydrogen) atoms. The summed E-state index contributed by atoms with van der Waals surface area (Å²) < 4.78 is 5.60. The van der Waals surface area contributed by atoms with E-state index in [-0.39, 0.29) is 0 Å². The fourth-order valence-electron chi connectivity index (χ4n) is 2.95. The standard InChI is InChI=1S/C16H21N3O/c1-20-16-8-3-2-7-15(16)18-13-6-4-5-12(11-13)14-9-10-17-19-14/h4-6,9-11,15-16,18H,2-3,7-8H2,1H3,(H,17,19). The molecule has 3 rings (SSSR count). The third-order valence-electron chi connectivity index (χ3n) is 4.03. The second-order valence-electron chi connectivity index (χ2n) is 5.36. The van der Waals surface area contributed by atoms with Crippen LogP contribution in [0.25, 0.3) is 11.3 Å².